The molecule has 2 rings (SSSR count). The van der Waals surface area contributed by atoms with Gasteiger partial charge in [-0.3, -0.25) is 19.7 Å². The smallest absolute Gasteiger partial charge is 0.306 e. The Kier molecular flexibility index (Phi) is 6.67. The number of esters is 1. The lowest BCUT2D eigenvalue weighted by atomic mass is 10.1. The van der Waals surface area contributed by atoms with Gasteiger partial charge in [-0.15, -0.1) is 0 Å². The number of amides is 1. The van der Waals surface area contributed by atoms with Crippen LogP contribution in [0.25, 0.3) is 0 Å². The van der Waals surface area contributed by atoms with E-state index in [1.54, 1.807) is 19.2 Å². The minimum Gasteiger partial charge on any atom is -0.497 e. The van der Waals surface area contributed by atoms with E-state index >= 15 is 0 Å². The highest BCUT2D eigenvalue weighted by atomic mass is 16.6. The molecule has 26 heavy (non-hydrogen) atoms. The third-order valence-corrected chi connectivity index (χ3v) is 3.48. The van der Waals surface area contributed by atoms with E-state index in [-0.39, 0.29) is 17.8 Å². The van der Waals surface area contributed by atoms with Crippen molar-refractivity contribution in [3.05, 3.63) is 64.2 Å². The van der Waals surface area contributed by atoms with Crippen molar-refractivity contribution in [3.63, 3.8) is 0 Å². The number of anilines is 1. The summed E-state index contributed by atoms with van der Waals surface area (Å²) in [4.78, 5) is 33.6. The molecule has 2 aromatic rings. The zero-order valence-corrected chi connectivity index (χ0v) is 14.1. The first-order valence-corrected chi connectivity index (χ1v) is 7.81. The Labute approximate surface area is 149 Å². The van der Waals surface area contributed by atoms with Crippen LogP contribution in [-0.4, -0.2) is 30.5 Å². The molecule has 1 amide bonds. The van der Waals surface area contributed by atoms with Crippen LogP contribution in [0.15, 0.2) is 48.5 Å². The van der Waals surface area contributed by atoms with E-state index in [1.807, 2.05) is 12.1 Å². The molecule has 2 aromatic carbocycles. The minimum atomic E-state index is -0.566. The van der Waals surface area contributed by atoms with Gasteiger partial charge in [0.2, 0.25) is 0 Å². The standard InChI is InChI=1S/C18H18N2O6/c1-25-16-8-5-13(6-9-16)7-10-18(22)26-12-17(21)19-14-3-2-4-15(11-14)20(23)24/h2-6,8-9,11H,7,10,12H2,1H3,(H,19,21). The first kappa shape index (κ1) is 18.9. The molecule has 0 aliphatic rings. The van der Waals surface area contributed by atoms with Crippen LogP contribution in [-0.2, 0) is 20.7 Å². The number of nitro groups is 1. The highest BCUT2D eigenvalue weighted by Crippen LogP contribution is 2.17. The molecule has 0 atom stereocenters. The molecule has 8 heteroatoms. The van der Waals surface area contributed by atoms with Crippen LogP contribution >= 0.6 is 0 Å². The summed E-state index contributed by atoms with van der Waals surface area (Å²) in [6.45, 7) is -0.454. The molecule has 0 radical (unpaired) electrons. The number of rotatable bonds is 8. The van der Waals surface area contributed by atoms with Gasteiger partial charge in [0.05, 0.1) is 12.0 Å². The van der Waals surface area contributed by atoms with E-state index in [2.05, 4.69) is 5.32 Å². The molecule has 0 aliphatic heterocycles. The molecule has 8 nitrogen and oxygen atoms in total. The summed E-state index contributed by atoms with van der Waals surface area (Å²) in [5.74, 6) is -0.340. The summed E-state index contributed by atoms with van der Waals surface area (Å²) in [5.41, 5.74) is 1.07. The molecule has 0 aliphatic carbocycles. The zero-order chi connectivity index (χ0) is 18.9. The van der Waals surface area contributed by atoms with Crippen LogP contribution in [0.1, 0.15) is 12.0 Å². The summed E-state index contributed by atoms with van der Waals surface area (Å²) in [6.07, 6.45) is 0.617. The molecule has 0 saturated carbocycles. The first-order valence-electron chi connectivity index (χ1n) is 7.81. The third kappa shape index (κ3) is 5.90. The number of nitrogens with zero attached hydrogens (tertiary/aromatic N) is 1. The maximum absolute atomic E-state index is 11.8. The lowest BCUT2D eigenvalue weighted by Gasteiger charge is -2.07. The molecule has 0 bridgehead atoms. The molecular weight excluding hydrogens is 340 g/mol. The average molecular weight is 358 g/mol. The first-order chi connectivity index (χ1) is 12.5. The van der Waals surface area contributed by atoms with Gasteiger partial charge in [-0.25, -0.2) is 0 Å². The summed E-state index contributed by atoms with van der Waals surface area (Å²) in [5, 5.41) is 13.1. The number of carbonyl (C=O) groups is 2. The van der Waals surface area contributed by atoms with Crippen molar-refractivity contribution >= 4 is 23.3 Å². The van der Waals surface area contributed by atoms with E-state index in [1.165, 1.54) is 24.3 Å². The van der Waals surface area contributed by atoms with Gasteiger partial charge >= 0.3 is 5.97 Å². The van der Waals surface area contributed by atoms with E-state index in [0.29, 0.717) is 6.42 Å². The molecule has 136 valence electrons. The largest absolute Gasteiger partial charge is 0.497 e. The summed E-state index contributed by atoms with van der Waals surface area (Å²) >= 11 is 0. The molecule has 0 heterocycles. The van der Waals surface area contributed by atoms with Crippen molar-refractivity contribution in [3.8, 4) is 5.75 Å². The molecular formula is C18H18N2O6. The molecule has 1 N–H and O–H groups in total. The van der Waals surface area contributed by atoms with Gasteiger partial charge < -0.3 is 14.8 Å². The van der Waals surface area contributed by atoms with Crippen molar-refractivity contribution in [2.45, 2.75) is 12.8 Å². The minimum absolute atomic E-state index is 0.135. The van der Waals surface area contributed by atoms with Crippen molar-refractivity contribution in [2.75, 3.05) is 19.0 Å². The fourth-order valence-corrected chi connectivity index (χ4v) is 2.15. The Hall–Kier alpha value is -3.42. The Bertz CT molecular complexity index is 789. The van der Waals surface area contributed by atoms with Gasteiger partial charge in [0.25, 0.3) is 11.6 Å². The Morgan fingerprint density at radius 2 is 1.88 bits per heavy atom. The lowest BCUT2D eigenvalue weighted by molar-refractivity contribution is -0.384. The summed E-state index contributed by atoms with van der Waals surface area (Å²) in [6, 6.07) is 12.8. The van der Waals surface area contributed by atoms with Gasteiger partial charge in [0.1, 0.15) is 5.75 Å². The second kappa shape index (κ2) is 9.16. The average Bonchev–Trinajstić information content (AvgIpc) is 2.65. The van der Waals surface area contributed by atoms with Crippen LogP contribution in [0.2, 0.25) is 0 Å². The SMILES string of the molecule is COc1ccc(CCC(=O)OCC(=O)Nc2cccc([N+](=O)[O-])c2)cc1. The number of hydrogen-bond acceptors (Lipinski definition) is 6. The number of ether oxygens (including phenoxy) is 2. The Morgan fingerprint density at radius 1 is 1.15 bits per heavy atom. The van der Waals surface area contributed by atoms with Crippen molar-refractivity contribution in [1.82, 2.24) is 0 Å². The van der Waals surface area contributed by atoms with Crippen LogP contribution in [0.5, 0.6) is 5.75 Å². The number of nitro benzene ring substituents is 1. The number of non-ortho nitro benzene ring substituents is 1. The number of nitrogens with one attached hydrogen (secondary N) is 1. The maximum Gasteiger partial charge on any atom is 0.306 e. The van der Waals surface area contributed by atoms with Gasteiger partial charge in [0, 0.05) is 24.2 Å². The Morgan fingerprint density at radius 3 is 2.54 bits per heavy atom. The van der Waals surface area contributed by atoms with Gasteiger partial charge in [-0.2, -0.15) is 0 Å². The molecule has 0 spiro atoms. The fourth-order valence-electron chi connectivity index (χ4n) is 2.15. The predicted molar refractivity (Wildman–Crippen MR) is 94.0 cm³/mol. The second-order valence-corrected chi connectivity index (χ2v) is 5.36. The summed E-state index contributed by atoms with van der Waals surface area (Å²) in [7, 11) is 1.57. The van der Waals surface area contributed by atoms with Crippen LogP contribution in [0.3, 0.4) is 0 Å². The predicted octanol–water partition coefficient (Wildman–Crippen LogP) is 2.72. The third-order valence-electron chi connectivity index (χ3n) is 3.48. The number of carbonyl (C=O) groups excluding carboxylic acids is 2. The second-order valence-electron chi connectivity index (χ2n) is 5.36. The van der Waals surface area contributed by atoms with E-state index in [9.17, 15) is 19.7 Å². The quantitative estimate of drug-likeness (QED) is 0.442. The molecule has 0 unspecified atom stereocenters. The number of benzene rings is 2. The monoisotopic (exact) mass is 358 g/mol. The van der Waals surface area contributed by atoms with E-state index in [0.717, 1.165) is 11.3 Å². The highest BCUT2D eigenvalue weighted by Gasteiger charge is 2.11. The maximum atomic E-state index is 11.8. The van der Waals surface area contributed by atoms with Gasteiger partial charge in [0.15, 0.2) is 6.61 Å². The highest BCUT2D eigenvalue weighted by molar-refractivity contribution is 5.93. The van der Waals surface area contributed by atoms with Crippen molar-refractivity contribution in [1.29, 1.82) is 0 Å². The van der Waals surface area contributed by atoms with Gasteiger partial charge in [-0.05, 0) is 30.2 Å². The summed E-state index contributed by atoms with van der Waals surface area (Å²) < 4.78 is 9.97. The van der Waals surface area contributed by atoms with Crippen molar-refractivity contribution in [2.24, 2.45) is 0 Å². The van der Waals surface area contributed by atoms with E-state index < -0.39 is 23.4 Å². The normalized spacial score (nSPS) is 10.0. The topological polar surface area (TPSA) is 108 Å². The molecule has 0 aromatic heterocycles. The Balaban J connectivity index is 1.75. The fraction of sp³-hybridized carbons (Fsp3) is 0.222. The zero-order valence-electron chi connectivity index (χ0n) is 14.1. The number of hydrogen-bond donors (Lipinski definition) is 1. The molecule has 0 saturated heterocycles. The van der Waals surface area contributed by atoms with E-state index in [4.69, 9.17) is 9.47 Å². The van der Waals surface area contributed by atoms with Gasteiger partial charge in [-0.1, -0.05) is 18.2 Å². The molecule has 0 fully saturated rings. The number of methoxy groups -OCH3 is 1. The van der Waals surface area contributed by atoms with Crippen LogP contribution in [0.4, 0.5) is 11.4 Å². The number of aryl methyl sites for hydroxylation is 1. The van der Waals surface area contributed by atoms with Crippen LogP contribution in [0, 0.1) is 10.1 Å². The lowest BCUT2D eigenvalue weighted by Crippen LogP contribution is -2.21. The van der Waals surface area contributed by atoms with Crippen molar-refractivity contribution < 1.29 is 24.0 Å². The van der Waals surface area contributed by atoms with Crippen LogP contribution < -0.4 is 10.1 Å².